The highest BCUT2D eigenvalue weighted by molar-refractivity contribution is 5.99. The number of ether oxygens (including phenoxy) is 1. The minimum Gasteiger partial charge on any atom is -0.465 e. The van der Waals surface area contributed by atoms with Crippen molar-refractivity contribution in [2.75, 3.05) is 11.9 Å². The van der Waals surface area contributed by atoms with Gasteiger partial charge in [0.25, 0.3) is 5.91 Å². The summed E-state index contributed by atoms with van der Waals surface area (Å²) in [5.74, 6) is 0.643. The quantitative estimate of drug-likeness (QED) is 0.608. The maximum absolute atomic E-state index is 12.2. The van der Waals surface area contributed by atoms with Gasteiger partial charge < -0.3 is 25.6 Å². The van der Waals surface area contributed by atoms with Crippen molar-refractivity contribution < 1.29 is 24.5 Å². The zero-order valence-corrected chi connectivity index (χ0v) is 14.7. The largest absolute Gasteiger partial charge is 0.465 e. The Morgan fingerprint density at radius 1 is 1.04 bits per heavy atom. The minimum atomic E-state index is -1.64. The molecule has 138 valence electrons. The molecule has 2 amide bonds. The van der Waals surface area contributed by atoms with Crippen LogP contribution in [0.2, 0.25) is 0 Å². The van der Waals surface area contributed by atoms with E-state index in [2.05, 4.69) is 12.2 Å². The van der Waals surface area contributed by atoms with Crippen LogP contribution < -0.4 is 15.4 Å². The number of aliphatic hydroxyl groups excluding tert-OH is 1. The monoisotopic (exact) mass is 358 g/mol. The van der Waals surface area contributed by atoms with Gasteiger partial charge in [0, 0.05) is 5.69 Å². The van der Waals surface area contributed by atoms with Crippen LogP contribution in [0.3, 0.4) is 0 Å². The fraction of sp³-hybridized carbons (Fsp3) is 0.263. The van der Waals surface area contributed by atoms with Gasteiger partial charge in [-0.15, -0.1) is 0 Å². The molecule has 0 radical (unpaired) electrons. The summed E-state index contributed by atoms with van der Waals surface area (Å²) in [6, 6.07) is 14.4. The van der Waals surface area contributed by atoms with Crippen molar-refractivity contribution in [1.29, 1.82) is 0 Å². The molecule has 0 saturated heterocycles. The first kappa shape index (κ1) is 19.3. The molecule has 0 aliphatic heterocycles. The van der Waals surface area contributed by atoms with Crippen LogP contribution in [0, 0.1) is 0 Å². The molecule has 0 unspecified atom stereocenters. The van der Waals surface area contributed by atoms with Crippen LogP contribution in [0.4, 0.5) is 10.5 Å². The molecule has 0 aromatic heterocycles. The summed E-state index contributed by atoms with van der Waals surface area (Å²) < 4.78 is 5.74. The van der Waals surface area contributed by atoms with Crippen molar-refractivity contribution in [3.63, 3.8) is 0 Å². The number of carboxylic acid groups (broad SMARTS) is 1. The molecule has 4 N–H and O–H groups in total. The maximum Gasteiger partial charge on any atom is 0.405 e. The Bertz CT molecular complexity index is 759. The van der Waals surface area contributed by atoms with Crippen LogP contribution in [-0.2, 0) is 11.2 Å². The predicted molar refractivity (Wildman–Crippen MR) is 97.6 cm³/mol. The molecule has 0 bridgehead atoms. The Morgan fingerprint density at radius 3 is 2.04 bits per heavy atom. The molecule has 1 atom stereocenters. The van der Waals surface area contributed by atoms with E-state index in [1.165, 1.54) is 12.5 Å². The molecule has 2 rings (SSSR count). The zero-order chi connectivity index (χ0) is 19.2. The number of aryl methyl sites for hydroxylation is 1. The number of anilines is 1. The third kappa shape index (κ3) is 4.97. The van der Waals surface area contributed by atoms with Crippen molar-refractivity contribution in [2.45, 2.75) is 25.8 Å². The van der Waals surface area contributed by atoms with Crippen LogP contribution in [0.5, 0.6) is 11.5 Å². The number of nitrogens with one attached hydrogen (secondary N) is 2. The summed E-state index contributed by atoms with van der Waals surface area (Å²) in [6.07, 6.45) is -0.437. The second-order valence-electron chi connectivity index (χ2n) is 6.00. The van der Waals surface area contributed by atoms with Crippen molar-refractivity contribution in [3.05, 3.63) is 54.1 Å². The minimum absolute atomic E-state index is 0.454. The van der Waals surface area contributed by atoms with Crippen LogP contribution >= 0.6 is 0 Å². The van der Waals surface area contributed by atoms with Crippen molar-refractivity contribution in [3.8, 4) is 11.5 Å². The van der Waals surface area contributed by atoms with Gasteiger partial charge in [0.1, 0.15) is 17.0 Å². The van der Waals surface area contributed by atoms with E-state index >= 15 is 0 Å². The first-order chi connectivity index (χ1) is 12.4. The average Bonchev–Trinajstić information content (AvgIpc) is 2.63. The Hall–Kier alpha value is -3.06. The number of rotatable bonds is 7. The molecule has 0 saturated carbocycles. The van der Waals surface area contributed by atoms with Gasteiger partial charge in [0.05, 0.1) is 6.61 Å². The van der Waals surface area contributed by atoms with Crippen LogP contribution in [-0.4, -0.2) is 34.4 Å². The highest BCUT2D eigenvalue weighted by Crippen LogP contribution is 2.24. The normalized spacial score (nSPS) is 12.7. The predicted octanol–water partition coefficient (Wildman–Crippen LogP) is 3.00. The topological polar surface area (TPSA) is 108 Å². The van der Waals surface area contributed by atoms with E-state index in [1.807, 2.05) is 29.6 Å². The Balaban J connectivity index is 2.02. The van der Waals surface area contributed by atoms with Gasteiger partial charge in [-0.3, -0.25) is 4.79 Å². The summed E-state index contributed by atoms with van der Waals surface area (Å²) in [7, 11) is 0. The third-order valence-electron chi connectivity index (χ3n) is 3.88. The lowest BCUT2D eigenvalue weighted by molar-refractivity contribution is -0.123. The molecule has 0 aliphatic rings. The molecule has 26 heavy (non-hydrogen) atoms. The van der Waals surface area contributed by atoms with E-state index in [-0.39, 0.29) is 0 Å². The molecule has 0 fully saturated rings. The average molecular weight is 358 g/mol. The lowest BCUT2D eigenvalue weighted by atomic mass is 10.0. The summed E-state index contributed by atoms with van der Waals surface area (Å²) >= 11 is 0. The van der Waals surface area contributed by atoms with Crippen LogP contribution in [0.25, 0.3) is 0 Å². The number of hydrogen-bond acceptors (Lipinski definition) is 4. The molecule has 0 aliphatic carbocycles. The number of amides is 2. The molecular formula is C19H22N2O5. The van der Waals surface area contributed by atoms with Gasteiger partial charge >= 0.3 is 6.09 Å². The van der Waals surface area contributed by atoms with Crippen molar-refractivity contribution >= 4 is 17.7 Å². The van der Waals surface area contributed by atoms with E-state index in [0.29, 0.717) is 17.2 Å². The second-order valence-corrected chi connectivity index (χ2v) is 6.00. The molecular weight excluding hydrogens is 336 g/mol. The van der Waals surface area contributed by atoms with Gasteiger partial charge in [0.15, 0.2) is 0 Å². The Morgan fingerprint density at radius 2 is 1.58 bits per heavy atom. The fourth-order valence-electron chi connectivity index (χ4n) is 2.21. The lowest BCUT2D eigenvalue weighted by Gasteiger charge is -2.25. The molecule has 2 aromatic carbocycles. The van der Waals surface area contributed by atoms with E-state index < -0.39 is 24.1 Å². The second kappa shape index (κ2) is 8.35. The SMILES string of the molecule is CCc1ccc(Oc2ccc(NC(=O)[C@](C)(CO)NC(=O)O)cc2)cc1. The first-order valence-corrected chi connectivity index (χ1v) is 8.16. The number of hydrogen-bond donors (Lipinski definition) is 4. The highest BCUT2D eigenvalue weighted by atomic mass is 16.5. The van der Waals surface area contributed by atoms with Gasteiger partial charge in [0.2, 0.25) is 0 Å². The van der Waals surface area contributed by atoms with E-state index in [4.69, 9.17) is 9.84 Å². The first-order valence-electron chi connectivity index (χ1n) is 8.16. The van der Waals surface area contributed by atoms with Gasteiger partial charge in [-0.05, 0) is 55.3 Å². The number of benzene rings is 2. The molecule has 7 heteroatoms. The van der Waals surface area contributed by atoms with E-state index in [9.17, 15) is 14.7 Å². The summed E-state index contributed by atoms with van der Waals surface area (Å²) in [5.41, 5.74) is 0.0371. The fourth-order valence-corrected chi connectivity index (χ4v) is 2.21. The Labute approximate surface area is 151 Å². The van der Waals surface area contributed by atoms with Crippen LogP contribution in [0.15, 0.2) is 48.5 Å². The molecule has 0 spiro atoms. The van der Waals surface area contributed by atoms with Crippen molar-refractivity contribution in [2.24, 2.45) is 0 Å². The number of aliphatic hydroxyl groups is 1. The molecule has 7 nitrogen and oxygen atoms in total. The number of carbonyl (C=O) groups excluding carboxylic acids is 1. The standard InChI is InChI=1S/C19H22N2O5/c1-3-13-4-8-15(9-5-13)26-16-10-6-14(7-11-16)20-17(23)19(2,12-22)21-18(24)25/h4-11,21-22H,3,12H2,1-2H3,(H,20,23)(H,24,25)/t19-/m0/s1. The lowest BCUT2D eigenvalue weighted by Crippen LogP contribution is -2.56. The highest BCUT2D eigenvalue weighted by Gasteiger charge is 2.34. The van der Waals surface area contributed by atoms with E-state index in [1.54, 1.807) is 24.3 Å². The van der Waals surface area contributed by atoms with Gasteiger partial charge in [-0.25, -0.2) is 4.79 Å². The van der Waals surface area contributed by atoms with Gasteiger partial charge in [-0.2, -0.15) is 0 Å². The summed E-state index contributed by atoms with van der Waals surface area (Å²) in [6.45, 7) is 2.71. The molecule has 2 aromatic rings. The maximum atomic E-state index is 12.2. The number of carbonyl (C=O) groups is 2. The third-order valence-corrected chi connectivity index (χ3v) is 3.88. The van der Waals surface area contributed by atoms with Crippen LogP contribution in [0.1, 0.15) is 19.4 Å². The van der Waals surface area contributed by atoms with Crippen molar-refractivity contribution in [1.82, 2.24) is 5.32 Å². The Kier molecular flexibility index (Phi) is 6.19. The summed E-state index contributed by atoms with van der Waals surface area (Å²) in [4.78, 5) is 23.0. The summed E-state index contributed by atoms with van der Waals surface area (Å²) in [5, 5.41) is 22.7. The van der Waals surface area contributed by atoms with Gasteiger partial charge in [-0.1, -0.05) is 19.1 Å². The molecule has 0 heterocycles. The smallest absolute Gasteiger partial charge is 0.405 e. The zero-order valence-electron chi connectivity index (χ0n) is 14.7. The van der Waals surface area contributed by atoms with E-state index in [0.717, 1.165) is 6.42 Å².